The molecular weight excluding hydrogens is 334 g/mol. The molecule has 0 radical (unpaired) electrons. The molecule has 6 heteroatoms. The summed E-state index contributed by atoms with van der Waals surface area (Å²) in [6, 6.07) is 9.70. The number of amides is 1. The van der Waals surface area contributed by atoms with E-state index >= 15 is 0 Å². The van der Waals surface area contributed by atoms with Crippen molar-refractivity contribution in [3.63, 3.8) is 0 Å². The van der Waals surface area contributed by atoms with Crippen LogP contribution in [0.4, 0.5) is 4.79 Å². The van der Waals surface area contributed by atoms with E-state index in [4.69, 9.17) is 4.74 Å². The van der Waals surface area contributed by atoms with E-state index in [0.29, 0.717) is 19.7 Å². The predicted octanol–water partition coefficient (Wildman–Crippen LogP) is 2.88. The summed E-state index contributed by atoms with van der Waals surface area (Å²) in [5.41, 5.74) is 3.10. The van der Waals surface area contributed by atoms with Gasteiger partial charge < -0.3 is 14.2 Å². The zero-order valence-electron chi connectivity index (χ0n) is 11.8. The lowest BCUT2D eigenvalue weighted by molar-refractivity contribution is 0.0908. The molecule has 0 saturated carbocycles. The Kier molecular flexibility index (Phi) is 3.96. The van der Waals surface area contributed by atoms with E-state index in [-0.39, 0.29) is 6.09 Å². The van der Waals surface area contributed by atoms with Gasteiger partial charge in [0.15, 0.2) is 4.73 Å². The maximum Gasteiger partial charge on any atom is 0.410 e. The first-order valence-corrected chi connectivity index (χ1v) is 7.60. The van der Waals surface area contributed by atoms with Crippen molar-refractivity contribution in [3.05, 3.63) is 52.0 Å². The van der Waals surface area contributed by atoms with Crippen LogP contribution >= 0.6 is 15.9 Å². The number of imidazole rings is 1. The van der Waals surface area contributed by atoms with Gasteiger partial charge >= 0.3 is 6.09 Å². The van der Waals surface area contributed by atoms with Gasteiger partial charge in [-0.1, -0.05) is 30.3 Å². The van der Waals surface area contributed by atoms with Crippen molar-refractivity contribution in [2.75, 3.05) is 6.54 Å². The van der Waals surface area contributed by atoms with Crippen LogP contribution in [0.15, 0.2) is 35.1 Å². The van der Waals surface area contributed by atoms with E-state index in [9.17, 15) is 4.79 Å². The van der Waals surface area contributed by atoms with Gasteiger partial charge in [0, 0.05) is 20.0 Å². The van der Waals surface area contributed by atoms with E-state index in [1.807, 2.05) is 41.9 Å². The van der Waals surface area contributed by atoms with E-state index in [0.717, 1.165) is 28.1 Å². The summed E-state index contributed by atoms with van der Waals surface area (Å²) in [6.45, 7) is 1.49. The van der Waals surface area contributed by atoms with Crippen molar-refractivity contribution in [2.24, 2.45) is 7.05 Å². The molecule has 110 valence electrons. The van der Waals surface area contributed by atoms with Crippen LogP contribution in [0.3, 0.4) is 0 Å². The van der Waals surface area contributed by atoms with Gasteiger partial charge in [0.25, 0.3) is 0 Å². The molecule has 5 nitrogen and oxygen atoms in total. The van der Waals surface area contributed by atoms with Crippen molar-refractivity contribution < 1.29 is 9.53 Å². The topological polar surface area (TPSA) is 47.4 Å². The standard InChI is InChI=1S/C15H16BrN3O2/c1-18-13-9-19(8-7-12(13)17-14(18)16)15(20)21-10-11-5-3-2-4-6-11/h2-6H,7-10H2,1H3. The van der Waals surface area contributed by atoms with Crippen LogP contribution < -0.4 is 0 Å². The Morgan fingerprint density at radius 1 is 1.38 bits per heavy atom. The molecule has 0 unspecified atom stereocenters. The molecule has 0 fully saturated rings. The van der Waals surface area contributed by atoms with Crippen molar-refractivity contribution >= 4 is 22.0 Å². The highest BCUT2D eigenvalue weighted by Crippen LogP contribution is 2.22. The Bertz CT molecular complexity index is 654. The number of aromatic nitrogens is 2. The summed E-state index contributed by atoms with van der Waals surface area (Å²) < 4.78 is 8.14. The number of rotatable bonds is 2. The van der Waals surface area contributed by atoms with Crippen LogP contribution in [0.25, 0.3) is 0 Å². The van der Waals surface area contributed by atoms with E-state index in [2.05, 4.69) is 20.9 Å². The van der Waals surface area contributed by atoms with E-state index in [1.54, 1.807) is 4.90 Å². The van der Waals surface area contributed by atoms with Crippen LogP contribution in [0, 0.1) is 0 Å². The summed E-state index contributed by atoms with van der Waals surface area (Å²) in [6.07, 6.45) is 0.483. The molecule has 0 aliphatic carbocycles. The second-order valence-electron chi connectivity index (χ2n) is 5.04. The molecule has 21 heavy (non-hydrogen) atoms. The third kappa shape index (κ3) is 2.95. The molecule has 0 N–H and O–H groups in total. The van der Waals surface area contributed by atoms with Gasteiger partial charge in [-0.05, 0) is 21.5 Å². The normalized spacial score (nSPS) is 13.9. The minimum absolute atomic E-state index is 0.276. The minimum atomic E-state index is -0.276. The lowest BCUT2D eigenvalue weighted by atomic mass is 10.1. The molecule has 1 aliphatic rings. The molecule has 2 aromatic rings. The number of fused-ring (bicyclic) bond motifs is 1. The number of ether oxygens (including phenoxy) is 1. The zero-order valence-corrected chi connectivity index (χ0v) is 13.3. The van der Waals surface area contributed by atoms with Crippen LogP contribution in [0.2, 0.25) is 0 Å². The number of carbonyl (C=O) groups excluding carboxylic acids is 1. The third-order valence-corrected chi connectivity index (χ3v) is 4.37. The fraction of sp³-hybridized carbons (Fsp3) is 0.333. The monoisotopic (exact) mass is 349 g/mol. The van der Waals surface area contributed by atoms with E-state index < -0.39 is 0 Å². The molecule has 1 aliphatic heterocycles. The Morgan fingerprint density at radius 2 is 2.14 bits per heavy atom. The SMILES string of the molecule is Cn1c(Br)nc2c1CN(C(=O)OCc1ccccc1)CC2. The molecule has 0 saturated heterocycles. The summed E-state index contributed by atoms with van der Waals surface area (Å²) in [7, 11) is 1.94. The highest BCUT2D eigenvalue weighted by molar-refractivity contribution is 9.10. The summed E-state index contributed by atoms with van der Waals surface area (Å²) in [5, 5.41) is 0. The van der Waals surface area contributed by atoms with Gasteiger partial charge in [0.2, 0.25) is 0 Å². The van der Waals surface area contributed by atoms with Gasteiger partial charge in [0.05, 0.1) is 17.9 Å². The number of carbonyl (C=O) groups is 1. The van der Waals surface area contributed by atoms with Gasteiger partial charge in [-0.2, -0.15) is 0 Å². The first-order valence-electron chi connectivity index (χ1n) is 6.80. The van der Waals surface area contributed by atoms with Crippen LogP contribution in [-0.4, -0.2) is 27.1 Å². The van der Waals surface area contributed by atoms with Gasteiger partial charge in [0.1, 0.15) is 6.61 Å². The fourth-order valence-electron chi connectivity index (χ4n) is 2.42. The molecule has 0 atom stereocenters. The molecular formula is C15H16BrN3O2. The molecule has 1 aromatic carbocycles. The number of hydrogen-bond donors (Lipinski definition) is 0. The van der Waals surface area contributed by atoms with Crippen LogP contribution in [0.1, 0.15) is 17.0 Å². The highest BCUT2D eigenvalue weighted by Gasteiger charge is 2.26. The zero-order chi connectivity index (χ0) is 14.8. The van der Waals surface area contributed by atoms with Crippen molar-refractivity contribution in [1.82, 2.24) is 14.5 Å². The van der Waals surface area contributed by atoms with Crippen molar-refractivity contribution in [2.45, 2.75) is 19.6 Å². The second kappa shape index (κ2) is 5.89. The van der Waals surface area contributed by atoms with Crippen LogP contribution in [-0.2, 0) is 31.4 Å². The Hall–Kier alpha value is -1.82. The first kappa shape index (κ1) is 14.1. The maximum atomic E-state index is 12.2. The summed E-state index contributed by atoms with van der Waals surface area (Å²) in [5.74, 6) is 0. The molecule has 0 spiro atoms. The molecule has 1 aromatic heterocycles. The average molecular weight is 350 g/mol. The lowest BCUT2D eigenvalue weighted by Gasteiger charge is -2.26. The second-order valence-corrected chi connectivity index (χ2v) is 5.75. The molecule has 2 heterocycles. The molecule has 3 rings (SSSR count). The van der Waals surface area contributed by atoms with E-state index in [1.165, 1.54) is 0 Å². The highest BCUT2D eigenvalue weighted by atomic mass is 79.9. The first-order chi connectivity index (χ1) is 10.1. The molecule has 1 amide bonds. The summed E-state index contributed by atoms with van der Waals surface area (Å²) in [4.78, 5) is 18.3. The number of nitrogens with zero attached hydrogens (tertiary/aromatic N) is 3. The molecule has 0 bridgehead atoms. The van der Waals surface area contributed by atoms with Crippen molar-refractivity contribution in [3.8, 4) is 0 Å². The average Bonchev–Trinajstić information content (AvgIpc) is 2.80. The van der Waals surface area contributed by atoms with Gasteiger partial charge in [-0.15, -0.1) is 0 Å². The Labute approximate surface area is 131 Å². The smallest absolute Gasteiger partial charge is 0.410 e. The van der Waals surface area contributed by atoms with Crippen LogP contribution in [0.5, 0.6) is 0 Å². The fourth-order valence-corrected chi connectivity index (χ4v) is 2.85. The van der Waals surface area contributed by atoms with Gasteiger partial charge in [-0.25, -0.2) is 9.78 Å². The Morgan fingerprint density at radius 3 is 2.90 bits per heavy atom. The van der Waals surface area contributed by atoms with Crippen molar-refractivity contribution in [1.29, 1.82) is 0 Å². The quantitative estimate of drug-likeness (QED) is 0.837. The number of halogens is 1. The largest absolute Gasteiger partial charge is 0.445 e. The third-order valence-electron chi connectivity index (χ3n) is 3.66. The van der Waals surface area contributed by atoms with Gasteiger partial charge in [-0.3, -0.25) is 0 Å². The number of benzene rings is 1. The predicted molar refractivity (Wildman–Crippen MR) is 81.6 cm³/mol. The number of hydrogen-bond acceptors (Lipinski definition) is 3. The Balaban J connectivity index is 1.63. The maximum absolute atomic E-state index is 12.2. The minimum Gasteiger partial charge on any atom is -0.445 e. The summed E-state index contributed by atoms with van der Waals surface area (Å²) >= 11 is 3.41. The lowest BCUT2D eigenvalue weighted by Crippen LogP contribution is -2.37.